The van der Waals surface area contributed by atoms with Gasteiger partial charge in [-0.25, -0.2) is 4.99 Å². The predicted octanol–water partition coefficient (Wildman–Crippen LogP) is 8.15. The molecule has 0 spiro atoms. The highest BCUT2D eigenvalue weighted by Gasteiger charge is 2.52. The minimum atomic E-state index is -4.81. The van der Waals surface area contributed by atoms with Crippen LogP contribution in [0.5, 0.6) is 0 Å². The average Bonchev–Trinajstić information content (AvgIpc) is 3.11. The first kappa shape index (κ1) is 35.5. The summed E-state index contributed by atoms with van der Waals surface area (Å²) in [6.45, 7) is 8.32. The Kier molecular flexibility index (Phi) is 11.4. The van der Waals surface area contributed by atoms with Gasteiger partial charge in [-0.05, 0) is 30.0 Å². The molecule has 0 saturated carbocycles. The molecular formula is C38H44F3NO7. The summed E-state index contributed by atoms with van der Waals surface area (Å²) in [6.07, 6.45) is -9.30. The molecule has 11 atom stereocenters. The normalized spacial score (nSPS) is 33.9. The number of aliphatic imine (C=N–C) groups is 1. The zero-order chi connectivity index (χ0) is 34.5. The van der Waals surface area contributed by atoms with E-state index >= 15 is 0 Å². The highest BCUT2D eigenvalue weighted by Crippen LogP contribution is 2.42. The molecule has 0 bridgehead atoms. The van der Waals surface area contributed by atoms with E-state index in [9.17, 15) is 13.2 Å². The van der Waals surface area contributed by atoms with Gasteiger partial charge in [-0.1, -0.05) is 107 Å². The van der Waals surface area contributed by atoms with E-state index in [0.29, 0.717) is 19.6 Å². The number of para-hydroxylation sites is 1. The molecule has 0 radical (unpaired) electrons. The molecule has 49 heavy (non-hydrogen) atoms. The van der Waals surface area contributed by atoms with E-state index in [1.807, 2.05) is 74.5 Å². The summed E-state index contributed by atoms with van der Waals surface area (Å²) in [4.78, 5) is 3.77. The number of benzene rings is 3. The highest BCUT2D eigenvalue weighted by atomic mass is 19.4. The first-order valence-electron chi connectivity index (χ1n) is 16.9. The van der Waals surface area contributed by atoms with Crippen LogP contribution in [0.15, 0.2) is 96.0 Å². The van der Waals surface area contributed by atoms with Crippen molar-refractivity contribution in [3.05, 3.63) is 102 Å². The largest absolute Gasteiger partial charge is 0.468 e. The lowest BCUT2D eigenvalue weighted by molar-refractivity contribution is -0.375. The van der Waals surface area contributed by atoms with Crippen LogP contribution in [-0.4, -0.2) is 61.8 Å². The molecular weight excluding hydrogens is 639 g/mol. The van der Waals surface area contributed by atoms with Crippen LogP contribution < -0.4 is 0 Å². The summed E-state index contributed by atoms with van der Waals surface area (Å²) in [6, 6.07) is 27.5. The number of rotatable bonds is 9. The van der Waals surface area contributed by atoms with Gasteiger partial charge in [0.1, 0.15) is 12.2 Å². The standard InChI is InChI=1S/C38H44F3NO7/c1-5-29-31(23(2)24(3)34(45-29)49-37(38(39,40)41)42-28-19-13-8-14-20-28)48-36-33(43-21-26-15-9-6-10-16-26)25(4)32-30(46-36)22-44-35(47-32)27-17-11-7-12-18-27/h6-20,23-25,29-36H,5,21-22H2,1-4H3/t23-,24?,25+,29?,30?,31+,32+,33?,34-,35?,36+/m1/s1. The van der Waals surface area contributed by atoms with E-state index in [4.69, 9.17) is 33.2 Å². The fourth-order valence-electron chi connectivity index (χ4n) is 6.68. The Bertz CT molecular complexity index is 1490. The van der Waals surface area contributed by atoms with Crippen molar-refractivity contribution >= 4 is 11.6 Å². The van der Waals surface area contributed by atoms with Crippen molar-refractivity contribution in [3.63, 3.8) is 0 Å². The Labute approximate surface area is 285 Å². The summed E-state index contributed by atoms with van der Waals surface area (Å²) in [7, 11) is 0. The van der Waals surface area contributed by atoms with Crippen LogP contribution in [0.4, 0.5) is 18.9 Å². The lowest BCUT2D eigenvalue weighted by Gasteiger charge is -2.51. The Balaban J connectivity index is 1.20. The molecule has 0 amide bonds. The van der Waals surface area contributed by atoms with Crippen LogP contribution in [0, 0.1) is 17.8 Å². The SMILES string of the molecule is CCC1O[C@H](OC(=Nc2ccccc2)C(F)(F)F)C(C)[C@@H](C)[C@@H]1O[C@@H]1OC2COC(c3ccccc3)O[C@H]2[C@H](C)C1OCc1ccccc1. The maximum absolute atomic E-state index is 14.1. The molecule has 3 heterocycles. The molecule has 0 N–H and O–H groups in total. The van der Waals surface area contributed by atoms with Crippen molar-refractivity contribution in [2.45, 2.75) is 96.3 Å². The van der Waals surface area contributed by atoms with Crippen LogP contribution in [0.3, 0.4) is 0 Å². The maximum atomic E-state index is 14.1. The third-order valence-corrected chi connectivity index (χ3v) is 9.63. The smallest absolute Gasteiger partial charge is 0.444 e. The van der Waals surface area contributed by atoms with Crippen molar-refractivity contribution in [2.75, 3.05) is 6.61 Å². The number of hydrogen-bond acceptors (Lipinski definition) is 8. The summed E-state index contributed by atoms with van der Waals surface area (Å²) >= 11 is 0. The molecule has 0 aliphatic carbocycles. The second-order valence-electron chi connectivity index (χ2n) is 13.0. The molecule has 264 valence electrons. The van der Waals surface area contributed by atoms with E-state index in [0.717, 1.165) is 11.1 Å². The molecule has 5 unspecified atom stereocenters. The Morgan fingerprint density at radius 2 is 1.43 bits per heavy atom. The fourth-order valence-corrected chi connectivity index (χ4v) is 6.68. The second kappa shape index (κ2) is 15.7. The number of fused-ring (bicyclic) bond motifs is 1. The summed E-state index contributed by atoms with van der Waals surface area (Å²) in [5.41, 5.74) is 2.05. The first-order valence-corrected chi connectivity index (χ1v) is 16.9. The summed E-state index contributed by atoms with van der Waals surface area (Å²) in [5.74, 6) is -2.27. The topological polar surface area (TPSA) is 77.0 Å². The zero-order valence-electron chi connectivity index (χ0n) is 28.1. The van der Waals surface area contributed by atoms with Gasteiger partial charge in [-0.3, -0.25) is 0 Å². The predicted molar refractivity (Wildman–Crippen MR) is 176 cm³/mol. The van der Waals surface area contributed by atoms with Crippen molar-refractivity contribution in [1.29, 1.82) is 0 Å². The molecule has 3 fully saturated rings. The van der Waals surface area contributed by atoms with Gasteiger partial charge in [-0.2, -0.15) is 13.2 Å². The van der Waals surface area contributed by atoms with Gasteiger partial charge in [0.25, 0.3) is 5.90 Å². The van der Waals surface area contributed by atoms with Gasteiger partial charge >= 0.3 is 6.18 Å². The maximum Gasteiger partial charge on any atom is 0.468 e. The molecule has 3 aromatic carbocycles. The van der Waals surface area contributed by atoms with Crippen LogP contribution in [-0.2, 0) is 39.8 Å². The van der Waals surface area contributed by atoms with E-state index in [-0.39, 0.29) is 23.6 Å². The molecule has 3 aliphatic rings. The minimum Gasteiger partial charge on any atom is -0.444 e. The molecule has 3 aromatic rings. The summed E-state index contributed by atoms with van der Waals surface area (Å²) in [5, 5.41) is 0. The average molecular weight is 684 g/mol. The van der Waals surface area contributed by atoms with Crippen molar-refractivity contribution in [3.8, 4) is 0 Å². The lowest BCUT2D eigenvalue weighted by Crippen LogP contribution is -2.61. The Morgan fingerprint density at radius 3 is 2.08 bits per heavy atom. The van der Waals surface area contributed by atoms with Crippen molar-refractivity contribution in [1.82, 2.24) is 0 Å². The number of ether oxygens (including phenoxy) is 7. The third-order valence-electron chi connectivity index (χ3n) is 9.63. The number of nitrogens with zero attached hydrogens (tertiary/aromatic N) is 1. The zero-order valence-corrected chi connectivity index (χ0v) is 28.1. The van der Waals surface area contributed by atoms with Crippen molar-refractivity contribution < 1.29 is 46.3 Å². The Hall–Kier alpha value is -3.32. The number of hydrogen-bond donors (Lipinski definition) is 0. The Morgan fingerprint density at radius 1 is 0.776 bits per heavy atom. The van der Waals surface area contributed by atoms with Crippen LogP contribution in [0.1, 0.15) is 51.5 Å². The minimum absolute atomic E-state index is 0.133. The number of halogens is 3. The van der Waals surface area contributed by atoms with Gasteiger partial charge in [0.05, 0.1) is 37.2 Å². The molecule has 6 rings (SSSR count). The van der Waals surface area contributed by atoms with Gasteiger partial charge in [0.2, 0.25) is 6.29 Å². The molecule has 3 saturated heterocycles. The van der Waals surface area contributed by atoms with Crippen LogP contribution >= 0.6 is 0 Å². The highest BCUT2D eigenvalue weighted by molar-refractivity contribution is 5.84. The molecule has 3 aliphatic heterocycles. The van der Waals surface area contributed by atoms with E-state index < -0.39 is 61.3 Å². The van der Waals surface area contributed by atoms with Crippen LogP contribution in [0.2, 0.25) is 0 Å². The molecule has 0 aromatic heterocycles. The van der Waals surface area contributed by atoms with Crippen LogP contribution in [0.25, 0.3) is 0 Å². The molecule has 8 nitrogen and oxygen atoms in total. The van der Waals surface area contributed by atoms with Gasteiger partial charge < -0.3 is 33.2 Å². The number of alkyl halides is 3. The lowest BCUT2D eigenvalue weighted by atomic mass is 9.83. The quantitative estimate of drug-likeness (QED) is 0.167. The van der Waals surface area contributed by atoms with E-state index in [1.165, 1.54) is 12.1 Å². The van der Waals surface area contributed by atoms with Gasteiger partial charge in [0, 0.05) is 17.4 Å². The van der Waals surface area contributed by atoms with Crippen molar-refractivity contribution in [2.24, 2.45) is 22.7 Å². The summed E-state index contributed by atoms with van der Waals surface area (Å²) < 4.78 is 86.5. The van der Waals surface area contributed by atoms with Gasteiger partial charge in [0.15, 0.2) is 12.6 Å². The van der Waals surface area contributed by atoms with E-state index in [2.05, 4.69) is 11.9 Å². The second-order valence-corrected chi connectivity index (χ2v) is 13.0. The fraction of sp³-hybridized carbons (Fsp3) is 0.500. The molecule has 11 heteroatoms. The van der Waals surface area contributed by atoms with Gasteiger partial charge in [-0.15, -0.1) is 0 Å². The van der Waals surface area contributed by atoms with E-state index in [1.54, 1.807) is 25.1 Å². The third kappa shape index (κ3) is 8.36. The first-order chi connectivity index (χ1) is 23.6. The monoisotopic (exact) mass is 683 g/mol.